The molecule has 2 aliphatic heterocycles. The minimum atomic E-state index is -0.846. The first-order valence-electron chi connectivity index (χ1n) is 13.3. The van der Waals surface area contributed by atoms with Crippen molar-refractivity contribution < 1.29 is 14.9 Å². The number of likely N-dealkylation sites (tertiary alicyclic amines) is 2. The van der Waals surface area contributed by atoms with Crippen LogP contribution in [0.4, 0.5) is 0 Å². The Morgan fingerprint density at radius 3 is 2.63 bits per heavy atom. The standard InChI is InChI=1S/C29H41N3O3/c1-21-7-10-25(33)19-26(21)28-12-16-31(15-11-24-5-4-6-27(30-24)35-3)17-14-29(28,34)22(2)32(18-13-28)20-23-8-9-23/h4-7,10,19,22-23,33-34H,8-9,11-18,20H2,1-3H3. The summed E-state index contributed by atoms with van der Waals surface area (Å²) >= 11 is 0. The number of phenolic OH excluding ortho intramolecular Hbond substituents is 1. The van der Waals surface area contributed by atoms with E-state index < -0.39 is 5.60 Å². The van der Waals surface area contributed by atoms with Crippen LogP contribution < -0.4 is 4.74 Å². The molecule has 35 heavy (non-hydrogen) atoms. The van der Waals surface area contributed by atoms with Crippen LogP contribution in [0.1, 0.15) is 55.8 Å². The normalized spacial score (nSPS) is 30.0. The number of ether oxygens (including phenoxy) is 1. The highest BCUT2D eigenvalue weighted by molar-refractivity contribution is 5.43. The average molecular weight is 480 g/mol. The minimum absolute atomic E-state index is 0.0820. The van der Waals surface area contributed by atoms with Crippen LogP contribution in [0.15, 0.2) is 36.4 Å². The van der Waals surface area contributed by atoms with Crippen molar-refractivity contribution in [2.24, 2.45) is 5.92 Å². The number of phenols is 1. The van der Waals surface area contributed by atoms with E-state index in [1.54, 1.807) is 13.2 Å². The van der Waals surface area contributed by atoms with Crippen molar-refractivity contribution in [2.75, 3.05) is 39.8 Å². The van der Waals surface area contributed by atoms with Gasteiger partial charge in [0, 0.05) is 49.3 Å². The summed E-state index contributed by atoms with van der Waals surface area (Å²) < 4.78 is 5.30. The van der Waals surface area contributed by atoms with Crippen molar-refractivity contribution in [3.05, 3.63) is 53.2 Å². The zero-order valence-electron chi connectivity index (χ0n) is 21.5. The maximum atomic E-state index is 12.7. The van der Waals surface area contributed by atoms with Crippen LogP contribution in [0.5, 0.6) is 11.6 Å². The molecule has 6 nitrogen and oxygen atoms in total. The Morgan fingerprint density at radius 2 is 1.86 bits per heavy atom. The van der Waals surface area contributed by atoms with Crippen molar-refractivity contribution in [3.8, 4) is 11.6 Å². The molecule has 0 amide bonds. The van der Waals surface area contributed by atoms with Gasteiger partial charge < -0.3 is 19.8 Å². The van der Waals surface area contributed by atoms with E-state index in [4.69, 9.17) is 4.74 Å². The van der Waals surface area contributed by atoms with Gasteiger partial charge in [-0.15, -0.1) is 0 Å². The summed E-state index contributed by atoms with van der Waals surface area (Å²) in [5, 5.41) is 23.1. The number of rotatable bonds is 7. The predicted octanol–water partition coefficient (Wildman–Crippen LogP) is 3.92. The number of benzene rings is 1. The second-order valence-electron chi connectivity index (χ2n) is 11.1. The summed E-state index contributed by atoms with van der Waals surface area (Å²) in [4.78, 5) is 9.63. The topological polar surface area (TPSA) is 69.1 Å². The summed E-state index contributed by atoms with van der Waals surface area (Å²) in [6.07, 6.45) is 6.05. The fraction of sp³-hybridized carbons (Fsp3) is 0.621. The first-order chi connectivity index (χ1) is 16.8. The number of piperidine rings is 1. The van der Waals surface area contributed by atoms with E-state index in [1.165, 1.54) is 12.8 Å². The van der Waals surface area contributed by atoms with Crippen LogP contribution in [0.25, 0.3) is 0 Å². The predicted molar refractivity (Wildman–Crippen MR) is 138 cm³/mol. The SMILES string of the molecule is COc1cccc(CCN2CCC3(c4cc(O)ccc4C)CCN(CC4CC4)C(C)C3(O)CC2)n1. The van der Waals surface area contributed by atoms with Gasteiger partial charge in [-0.25, -0.2) is 4.98 Å². The molecule has 1 saturated carbocycles. The van der Waals surface area contributed by atoms with Gasteiger partial charge in [0.2, 0.25) is 5.88 Å². The first-order valence-corrected chi connectivity index (χ1v) is 13.3. The summed E-state index contributed by atoms with van der Waals surface area (Å²) in [5.74, 6) is 1.75. The lowest BCUT2D eigenvalue weighted by atomic mass is 9.57. The monoisotopic (exact) mass is 479 g/mol. The second-order valence-corrected chi connectivity index (χ2v) is 11.1. The molecule has 3 heterocycles. The summed E-state index contributed by atoms with van der Waals surface area (Å²) in [6.45, 7) is 9.17. The van der Waals surface area contributed by atoms with Crippen LogP contribution in [0.3, 0.4) is 0 Å². The molecule has 3 fully saturated rings. The summed E-state index contributed by atoms with van der Waals surface area (Å²) in [7, 11) is 1.65. The van der Waals surface area contributed by atoms with Gasteiger partial charge in [0.25, 0.3) is 0 Å². The lowest BCUT2D eigenvalue weighted by Crippen LogP contribution is -2.68. The van der Waals surface area contributed by atoms with E-state index in [0.29, 0.717) is 11.6 Å². The molecule has 1 aromatic carbocycles. The zero-order valence-corrected chi connectivity index (χ0v) is 21.5. The number of aryl methyl sites for hydroxylation is 1. The Hall–Kier alpha value is -2.15. The number of hydrogen-bond acceptors (Lipinski definition) is 6. The molecule has 6 heteroatoms. The van der Waals surface area contributed by atoms with Crippen molar-refractivity contribution in [2.45, 2.75) is 69.4 Å². The average Bonchev–Trinajstić information content (AvgIpc) is 3.70. The molecular formula is C29H41N3O3. The highest BCUT2D eigenvalue weighted by Gasteiger charge is 2.59. The number of fused-ring (bicyclic) bond motifs is 1. The number of methoxy groups -OCH3 is 1. The molecule has 0 spiro atoms. The van der Waals surface area contributed by atoms with E-state index in [0.717, 1.165) is 81.1 Å². The van der Waals surface area contributed by atoms with Crippen molar-refractivity contribution in [1.29, 1.82) is 0 Å². The Kier molecular flexibility index (Phi) is 6.81. The first kappa shape index (κ1) is 24.5. The molecule has 2 saturated heterocycles. The molecule has 1 aromatic heterocycles. The molecule has 190 valence electrons. The van der Waals surface area contributed by atoms with Gasteiger partial charge in [0.15, 0.2) is 0 Å². The van der Waals surface area contributed by atoms with Crippen LogP contribution >= 0.6 is 0 Å². The number of hydrogen-bond donors (Lipinski definition) is 2. The smallest absolute Gasteiger partial charge is 0.213 e. The van der Waals surface area contributed by atoms with Gasteiger partial charge in [0.1, 0.15) is 5.75 Å². The molecule has 3 atom stereocenters. The molecule has 3 aliphatic rings. The van der Waals surface area contributed by atoms with Gasteiger partial charge in [0.05, 0.1) is 12.7 Å². The lowest BCUT2D eigenvalue weighted by molar-refractivity contribution is -0.136. The summed E-state index contributed by atoms with van der Waals surface area (Å²) in [6, 6.07) is 11.7. The van der Waals surface area contributed by atoms with Crippen LogP contribution in [0, 0.1) is 12.8 Å². The van der Waals surface area contributed by atoms with Gasteiger partial charge in [-0.1, -0.05) is 12.1 Å². The highest BCUT2D eigenvalue weighted by atomic mass is 16.5. The number of aromatic hydroxyl groups is 1. The maximum absolute atomic E-state index is 12.7. The van der Waals surface area contributed by atoms with Crippen molar-refractivity contribution in [1.82, 2.24) is 14.8 Å². The summed E-state index contributed by atoms with van der Waals surface area (Å²) in [5.41, 5.74) is 2.12. The Bertz CT molecular complexity index is 1040. The third-order valence-corrected chi connectivity index (χ3v) is 9.16. The van der Waals surface area contributed by atoms with E-state index >= 15 is 0 Å². The molecular weight excluding hydrogens is 438 g/mol. The maximum Gasteiger partial charge on any atom is 0.213 e. The third kappa shape index (κ3) is 4.68. The number of aliphatic hydroxyl groups is 1. The van der Waals surface area contributed by atoms with E-state index in [2.05, 4.69) is 34.7 Å². The van der Waals surface area contributed by atoms with Gasteiger partial charge >= 0.3 is 0 Å². The Labute approximate surface area is 209 Å². The van der Waals surface area contributed by atoms with Gasteiger partial charge in [-0.05, 0) is 94.3 Å². The largest absolute Gasteiger partial charge is 0.508 e. The second kappa shape index (κ2) is 9.72. The van der Waals surface area contributed by atoms with Crippen LogP contribution in [0.2, 0.25) is 0 Å². The van der Waals surface area contributed by atoms with Gasteiger partial charge in [-0.3, -0.25) is 4.90 Å². The molecule has 3 unspecified atom stereocenters. The quantitative estimate of drug-likeness (QED) is 0.628. The fourth-order valence-corrected chi connectivity index (χ4v) is 6.74. The van der Waals surface area contributed by atoms with Gasteiger partial charge in [-0.2, -0.15) is 0 Å². The third-order valence-electron chi connectivity index (χ3n) is 9.16. The molecule has 2 aromatic rings. The zero-order chi connectivity index (χ0) is 24.6. The minimum Gasteiger partial charge on any atom is -0.508 e. The van der Waals surface area contributed by atoms with Crippen molar-refractivity contribution in [3.63, 3.8) is 0 Å². The highest BCUT2D eigenvalue weighted by Crippen LogP contribution is 2.53. The molecule has 2 N–H and O–H groups in total. The Balaban J connectivity index is 1.42. The van der Waals surface area contributed by atoms with Crippen LogP contribution in [-0.4, -0.2) is 76.5 Å². The number of aromatic nitrogens is 1. The van der Waals surface area contributed by atoms with E-state index in [-0.39, 0.29) is 11.5 Å². The van der Waals surface area contributed by atoms with E-state index in [9.17, 15) is 10.2 Å². The Morgan fingerprint density at radius 1 is 1.09 bits per heavy atom. The molecule has 0 bridgehead atoms. The number of pyridine rings is 1. The fourth-order valence-electron chi connectivity index (χ4n) is 6.74. The molecule has 5 rings (SSSR count). The van der Waals surface area contributed by atoms with E-state index in [1.807, 2.05) is 24.3 Å². The number of nitrogens with zero attached hydrogens (tertiary/aromatic N) is 3. The van der Waals surface area contributed by atoms with Crippen molar-refractivity contribution >= 4 is 0 Å². The molecule has 0 radical (unpaired) electrons. The lowest BCUT2D eigenvalue weighted by Gasteiger charge is -2.58. The molecule has 1 aliphatic carbocycles. The van der Waals surface area contributed by atoms with Crippen LogP contribution in [-0.2, 0) is 11.8 Å².